The molecule has 1 heterocycles. The van der Waals surface area contributed by atoms with Gasteiger partial charge in [-0.3, -0.25) is 14.5 Å². The summed E-state index contributed by atoms with van der Waals surface area (Å²) in [5, 5.41) is 11.5. The maximum absolute atomic E-state index is 12.9. The van der Waals surface area contributed by atoms with Crippen molar-refractivity contribution in [3.8, 4) is 6.07 Å². The lowest BCUT2D eigenvalue weighted by Crippen LogP contribution is -2.51. The molecule has 7 heteroatoms. The first-order chi connectivity index (χ1) is 12.1. The van der Waals surface area contributed by atoms with Gasteiger partial charge < -0.3 is 10.2 Å². The molecule has 1 saturated heterocycles. The van der Waals surface area contributed by atoms with Gasteiger partial charge in [-0.05, 0) is 43.9 Å². The van der Waals surface area contributed by atoms with Gasteiger partial charge in [0.15, 0.2) is 0 Å². The van der Waals surface area contributed by atoms with E-state index in [9.17, 15) is 14.4 Å². The fourth-order valence-corrected chi connectivity index (χ4v) is 4.01. The summed E-state index contributed by atoms with van der Waals surface area (Å²) in [6, 6.07) is 1.53. The van der Waals surface area contributed by atoms with Crippen LogP contribution in [-0.2, 0) is 9.59 Å². The van der Waals surface area contributed by atoms with E-state index in [1.165, 1.54) is 4.90 Å². The molecule has 7 nitrogen and oxygen atoms in total. The van der Waals surface area contributed by atoms with Crippen LogP contribution in [0.1, 0.15) is 59.8 Å². The number of nitrogens with zero attached hydrogens (tertiary/aromatic N) is 3. The van der Waals surface area contributed by atoms with Crippen LogP contribution in [-0.4, -0.2) is 52.8 Å². The second-order valence-electron chi connectivity index (χ2n) is 8.43. The lowest BCUT2D eigenvalue weighted by molar-refractivity contribution is -0.139. The molecule has 26 heavy (non-hydrogen) atoms. The molecular formula is C19H30N4O3. The summed E-state index contributed by atoms with van der Waals surface area (Å²) in [5.41, 5.74) is -0.659. The van der Waals surface area contributed by atoms with Crippen LogP contribution in [0.5, 0.6) is 0 Å². The monoisotopic (exact) mass is 362 g/mol. The molecule has 1 spiro atoms. The fraction of sp³-hybridized carbons (Fsp3) is 0.789. The molecule has 1 N–H and O–H groups in total. The molecular weight excluding hydrogens is 332 g/mol. The first kappa shape index (κ1) is 20.2. The minimum Gasteiger partial charge on any atom is -0.340 e. The number of amides is 4. The van der Waals surface area contributed by atoms with Crippen molar-refractivity contribution in [1.82, 2.24) is 15.1 Å². The van der Waals surface area contributed by atoms with Crippen LogP contribution < -0.4 is 5.32 Å². The van der Waals surface area contributed by atoms with Crippen molar-refractivity contribution >= 4 is 17.8 Å². The number of imide groups is 1. The Kier molecular flexibility index (Phi) is 5.94. The maximum Gasteiger partial charge on any atom is 0.325 e. The topological polar surface area (TPSA) is 93.5 Å². The molecule has 1 aliphatic carbocycles. The normalized spacial score (nSPS) is 26.0. The molecule has 0 bridgehead atoms. The van der Waals surface area contributed by atoms with Gasteiger partial charge in [0, 0.05) is 13.1 Å². The largest absolute Gasteiger partial charge is 0.340 e. The summed E-state index contributed by atoms with van der Waals surface area (Å²) < 4.78 is 0. The van der Waals surface area contributed by atoms with E-state index < -0.39 is 11.6 Å². The molecule has 0 aromatic heterocycles. The third-order valence-corrected chi connectivity index (χ3v) is 5.83. The van der Waals surface area contributed by atoms with Crippen LogP contribution in [0.2, 0.25) is 0 Å². The third kappa shape index (κ3) is 4.00. The first-order valence-electron chi connectivity index (χ1n) is 9.43. The van der Waals surface area contributed by atoms with Crippen molar-refractivity contribution in [3.05, 3.63) is 0 Å². The summed E-state index contributed by atoms with van der Waals surface area (Å²) in [7, 11) is 0. The van der Waals surface area contributed by atoms with E-state index in [1.807, 2.05) is 13.0 Å². The smallest absolute Gasteiger partial charge is 0.325 e. The van der Waals surface area contributed by atoms with Crippen LogP contribution >= 0.6 is 0 Å². The molecule has 0 aromatic rings. The van der Waals surface area contributed by atoms with Gasteiger partial charge in [0.05, 0.1) is 12.5 Å². The average molecular weight is 362 g/mol. The van der Waals surface area contributed by atoms with Crippen molar-refractivity contribution in [3.63, 3.8) is 0 Å². The van der Waals surface area contributed by atoms with Crippen molar-refractivity contribution in [1.29, 1.82) is 5.26 Å². The Bertz CT molecular complexity index is 609. The molecule has 0 radical (unpaired) electrons. The van der Waals surface area contributed by atoms with Gasteiger partial charge in [-0.1, -0.05) is 20.8 Å². The zero-order chi connectivity index (χ0) is 19.5. The molecule has 2 aliphatic rings. The van der Waals surface area contributed by atoms with Crippen LogP contribution in [0, 0.1) is 22.7 Å². The van der Waals surface area contributed by atoms with E-state index in [0.29, 0.717) is 31.8 Å². The number of likely N-dealkylation sites (N-methyl/N-ethyl adjacent to an activating group) is 1. The molecule has 0 aromatic carbocycles. The van der Waals surface area contributed by atoms with E-state index in [2.05, 4.69) is 26.1 Å². The molecule has 4 amide bonds. The summed E-state index contributed by atoms with van der Waals surface area (Å²) in [4.78, 5) is 40.3. The van der Waals surface area contributed by atoms with Crippen molar-refractivity contribution < 1.29 is 14.4 Å². The number of carbonyl (C=O) groups is 3. The number of nitrogens with one attached hydrogen (secondary N) is 1. The number of urea groups is 1. The number of carbonyl (C=O) groups excluding carboxylic acids is 3. The molecule has 0 unspecified atom stereocenters. The first-order valence-corrected chi connectivity index (χ1v) is 9.43. The molecule has 2 rings (SSSR count). The Labute approximate surface area is 155 Å². The van der Waals surface area contributed by atoms with Gasteiger partial charge in [-0.2, -0.15) is 5.26 Å². The van der Waals surface area contributed by atoms with Gasteiger partial charge in [0.1, 0.15) is 12.1 Å². The molecule has 2 fully saturated rings. The summed E-state index contributed by atoms with van der Waals surface area (Å²) in [6.07, 6.45) is 3.26. The fourth-order valence-electron chi connectivity index (χ4n) is 4.01. The predicted molar refractivity (Wildman–Crippen MR) is 96.9 cm³/mol. The lowest BCUT2D eigenvalue weighted by Gasteiger charge is -2.40. The van der Waals surface area contributed by atoms with E-state index >= 15 is 0 Å². The number of rotatable bonds is 5. The standard InChI is InChI=1S/C19H30N4O3/c1-5-22(12-6-11-20)15(24)13-23-16(25)19(21-17(23)26)9-7-14(8-10-19)18(2,3)4/h14H,5-10,12-13H2,1-4H3,(H,21,26). The van der Waals surface area contributed by atoms with E-state index in [-0.39, 0.29) is 30.2 Å². The van der Waals surface area contributed by atoms with Crippen molar-refractivity contribution in [2.75, 3.05) is 19.6 Å². The van der Waals surface area contributed by atoms with Crippen LogP contribution in [0.15, 0.2) is 0 Å². The summed E-state index contributed by atoms with van der Waals surface area (Å²) in [6.45, 7) is 8.93. The van der Waals surface area contributed by atoms with Crippen LogP contribution in [0.25, 0.3) is 0 Å². The third-order valence-electron chi connectivity index (χ3n) is 5.83. The zero-order valence-electron chi connectivity index (χ0n) is 16.3. The summed E-state index contributed by atoms with van der Waals surface area (Å²) >= 11 is 0. The van der Waals surface area contributed by atoms with Crippen molar-refractivity contribution in [2.24, 2.45) is 11.3 Å². The van der Waals surface area contributed by atoms with E-state index in [1.54, 1.807) is 0 Å². The molecule has 1 aliphatic heterocycles. The number of hydrogen-bond donors (Lipinski definition) is 1. The second-order valence-corrected chi connectivity index (χ2v) is 8.43. The highest BCUT2D eigenvalue weighted by Crippen LogP contribution is 2.43. The van der Waals surface area contributed by atoms with Gasteiger partial charge in [0.25, 0.3) is 5.91 Å². The molecule has 0 atom stereocenters. The predicted octanol–water partition coefficient (Wildman–Crippen LogP) is 2.28. The minimum absolute atomic E-state index is 0.186. The van der Waals surface area contributed by atoms with E-state index in [4.69, 9.17) is 5.26 Å². The van der Waals surface area contributed by atoms with Crippen molar-refractivity contribution in [2.45, 2.75) is 65.3 Å². The summed E-state index contributed by atoms with van der Waals surface area (Å²) in [5.74, 6) is -0.0544. The molecule has 144 valence electrons. The highest BCUT2D eigenvalue weighted by Gasteiger charge is 2.53. The Balaban J connectivity index is 2.03. The quantitative estimate of drug-likeness (QED) is 0.759. The maximum atomic E-state index is 12.9. The Morgan fingerprint density at radius 3 is 2.46 bits per heavy atom. The number of hydrogen-bond acceptors (Lipinski definition) is 4. The Hall–Kier alpha value is -2.10. The van der Waals surface area contributed by atoms with Gasteiger partial charge in [0.2, 0.25) is 5.91 Å². The van der Waals surface area contributed by atoms with E-state index in [0.717, 1.165) is 17.7 Å². The highest BCUT2D eigenvalue weighted by molar-refractivity contribution is 6.09. The lowest BCUT2D eigenvalue weighted by atomic mass is 9.67. The van der Waals surface area contributed by atoms with Crippen LogP contribution in [0.3, 0.4) is 0 Å². The van der Waals surface area contributed by atoms with Gasteiger partial charge >= 0.3 is 6.03 Å². The Morgan fingerprint density at radius 2 is 1.96 bits per heavy atom. The van der Waals surface area contributed by atoms with Gasteiger partial charge in [-0.25, -0.2) is 4.79 Å². The second kappa shape index (κ2) is 7.65. The molecule has 1 saturated carbocycles. The zero-order valence-corrected chi connectivity index (χ0v) is 16.3. The van der Waals surface area contributed by atoms with Crippen LogP contribution in [0.4, 0.5) is 4.79 Å². The SMILES string of the molecule is CCN(CCC#N)C(=O)CN1C(=O)NC2(CCC(C(C)(C)C)CC2)C1=O. The average Bonchev–Trinajstić information content (AvgIpc) is 2.79. The minimum atomic E-state index is -0.844. The Morgan fingerprint density at radius 1 is 1.35 bits per heavy atom. The number of nitriles is 1. The highest BCUT2D eigenvalue weighted by atomic mass is 16.2. The van der Waals surface area contributed by atoms with Gasteiger partial charge in [-0.15, -0.1) is 0 Å².